The molecule has 0 saturated carbocycles. The fourth-order valence-corrected chi connectivity index (χ4v) is 3.56. The van der Waals surface area contributed by atoms with Gasteiger partial charge in [0.1, 0.15) is 16.3 Å². The van der Waals surface area contributed by atoms with E-state index in [1.807, 2.05) is 0 Å². The molecule has 1 saturated heterocycles. The summed E-state index contributed by atoms with van der Waals surface area (Å²) in [5, 5.41) is 1.94. The van der Waals surface area contributed by atoms with Crippen molar-refractivity contribution in [1.29, 1.82) is 0 Å². The number of ketones is 1. The summed E-state index contributed by atoms with van der Waals surface area (Å²) in [5.41, 5.74) is 0.851. The molecule has 1 aliphatic rings. The number of amides is 2. The van der Waals surface area contributed by atoms with Gasteiger partial charge in [-0.3, -0.25) is 19.7 Å². The highest BCUT2D eigenvalue weighted by molar-refractivity contribution is 8.16. The van der Waals surface area contributed by atoms with Crippen LogP contribution in [0.15, 0.2) is 48.5 Å². The minimum atomic E-state index is -0.833. The first kappa shape index (κ1) is 18.1. The van der Waals surface area contributed by atoms with Gasteiger partial charge in [-0.05, 0) is 54.9 Å². The number of Topliss-reactive ketones (excluding diaryl/α,β-unsaturated/α-hetero) is 1. The zero-order valence-corrected chi connectivity index (χ0v) is 14.8. The van der Waals surface area contributed by atoms with Crippen molar-refractivity contribution in [3.63, 3.8) is 0 Å². The minimum absolute atomic E-state index is 0.00835. The average molecular weight is 373 g/mol. The van der Waals surface area contributed by atoms with Crippen molar-refractivity contribution in [2.24, 2.45) is 0 Å². The molecule has 5 nitrogen and oxygen atoms in total. The number of thioether (sulfide) groups is 1. The van der Waals surface area contributed by atoms with E-state index >= 15 is 0 Å². The van der Waals surface area contributed by atoms with Crippen LogP contribution in [0, 0.1) is 5.82 Å². The molecule has 0 aliphatic carbocycles. The summed E-state index contributed by atoms with van der Waals surface area (Å²) in [5.74, 6) is -0.865. The molecular formula is C19H16FNO4S. The first-order valence-corrected chi connectivity index (χ1v) is 8.73. The summed E-state index contributed by atoms with van der Waals surface area (Å²) in [4.78, 5) is 35.2. The summed E-state index contributed by atoms with van der Waals surface area (Å²) >= 11 is 0.977. The second kappa shape index (κ2) is 7.29. The van der Waals surface area contributed by atoms with Crippen LogP contribution in [0.3, 0.4) is 0 Å². The van der Waals surface area contributed by atoms with Gasteiger partial charge in [0.25, 0.3) is 5.24 Å². The van der Waals surface area contributed by atoms with Crippen molar-refractivity contribution < 1.29 is 23.5 Å². The van der Waals surface area contributed by atoms with Crippen molar-refractivity contribution >= 4 is 28.7 Å². The van der Waals surface area contributed by atoms with Crippen molar-refractivity contribution in [1.82, 2.24) is 5.32 Å². The highest BCUT2D eigenvalue weighted by Gasteiger charge is 2.43. The second-order valence-corrected chi connectivity index (χ2v) is 7.56. The largest absolute Gasteiger partial charge is 0.485 e. The minimum Gasteiger partial charge on any atom is -0.485 e. The van der Waals surface area contributed by atoms with Gasteiger partial charge >= 0.3 is 0 Å². The molecule has 7 heteroatoms. The third-order valence-corrected chi connectivity index (χ3v) is 5.09. The number of benzene rings is 2. The van der Waals surface area contributed by atoms with E-state index < -0.39 is 16.3 Å². The Morgan fingerprint density at radius 3 is 2.46 bits per heavy atom. The highest BCUT2D eigenvalue weighted by atomic mass is 32.2. The third-order valence-electron chi connectivity index (χ3n) is 4.02. The summed E-state index contributed by atoms with van der Waals surface area (Å²) in [7, 11) is 0. The molecule has 1 heterocycles. The molecule has 0 bridgehead atoms. The van der Waals surface area contributed by atoms with Crippen molar-refractivity contribution in [2.75, 3.05) is 6.61 Å². The molecule has 0 radical (unpaired) electrons. The number of nitrogens with one attached hydrogen (secondary N) is 1. The fraction of sp³-hybridized carbons (Fsp3) is 0.211. The maximum atomic E-state index is 13.6. The lowest BCUT2D eigenvalue weighted by Gasteiger charge is -2.18. The zero-order chi connectivity index (χ0) is 18.7. The summed E-state index contributed by atoms with van der Waals surface area (Å²) in [6.45, 7) is 1.44. The molecule has 3 rings (SSSR count). The van der Waals surface area contributed by atoms with E-state index in [-0.39, 0.29) is 23.3 Å². The number of hydrogen-bond acceptors (Lipinski definition) is 5. The van der Waals surface area contributed by atoms with E-state index in [0.29, 0.717) is 12.2 Å². The molecular weight excluding hydrogens is 357 g/mol. The van der Waals surface area contributed by atoms with Crippen LogP contribution in [0.5, 0.6) is 5.75 Å². The van der Waals surface area contributed by atoms with Gasteiger partial charge in [-0.1, -0.05) is 24.3 Å². The predicted molar refractivity (Wildman–Crippen MR) is 95.9 cm³/mol. The maximum Gasteiger partial charge on any atom is 0.286 e. The zero-order valence-electron chi connectivity index (χ0n) is 14.0. The Balaban J connectivity index is 1.60. The quantitative estimate of drug-likeness (QED) is 0.786. The SMILES string of the molecule is C[C@]1(Cc2ccc(OCC(=O)c3ccccc3F)cc2)SC(=O)NC1=O. The van der Waals surface area contributed by atoms with E-state index in [1.54, 1.807) is 37.3 Å². The van der Waals surface area contributed by atoms with E-state index in [4.69, 9.17) is 4.74 Å². The van der Waals surface area contributed by atoms with Crippen LogP contribution in [0.2, 0.25) is 0 Å². The topological polar surface area (TPSA) is 72.5 Å². The number of imide groups is 1. The van der Waals surface area contributed by atoms with Gasteiger partial charge in [0.2, 0.25) is 11.7 Å². The Morgan fingerprint density at radius 2 is 1.85 bits per heavy atom. The number of halogens is 1. The highest BCUT2D eigenvalue weighted by Crippen LogP contribution is 2.34. The van der Waals surface area contributed by atoms with Crippen molar-refractivity contribution in [3.8, 4) is 5.75 Å². The van der Waals surface area contributed by atoms with E-state index in [2.05, 4.69) is 5.32 Å². The molecule has 2 aromatic rings. The van der Waals surface area contributed by atoms with Crippen LogP contribution in [-0.2, 0) is 11.2 Å². The number of rotatable bonds is 6. The lowest BCUT2D eigenvalue weighted by atomic mass is 9.99. The van der Waals surface area contributed by atoms with Gasteiger partial charge in [0.05, 0.1) is 5.56 Å². The van der Waals surface area contributed by atoms with Crippen LogP contribution >= 0.6 is 11.8 Å². The summed E-state index contributed by atoms with van der Waals surface area (Å²) < 4.78 is 18.2. The van der Waals surface area contributed by atoms with Crippen molar-refractivity contribution in [3.05, 3.63) is 65.5 Å². The number of hydrogen-bond donors (Lipinski definition) is 1. The molecule has 1 N–H and O–H groups in total. The standard InChI is InChI=1S/C19H16FNO4S/c1-19(17(23)21-18(24)26-19)10-12-6-8-13(9-7-12)25-11-16(22)14-4-2-3-5-15(14)20/h2-9H,10-11H2,1H3,(H,21,23,24)/t19-/m1/s1. The second-order valence-electron chi connectivity index (χ2n) is 6.09. The van der Waals surface area contributed by atoms with E-state index in [9.17, 15) is 18.8 Å². The van der Waals surface area contributed by atoms with Crippen molar-refractivity contribution in [2.45, 2.75) is 18.1 Å². The molecule has 1 fully saturated rings. The molecule has 2 aromatic carbocycles. The molecule has 26 heavy (non-hydrogen) atoms. The van der Waals surface area contributed by atoms with Crippen LogP contribution in [0.4, 0.5) is 9.18 Å². The third kappa shape index (κ3) is 3.94. The fourth-order valence-electron chi connectivity index (χ4n) is 2.62. The molecule has 1 aliphatic heterocycles. The summed E-state index contributed by atoms with van der Waals surface area (Å²) in [6, 6.07) is 12.6. The number of carbonyl (C=O) groups is 3. The summed E-state index contributed by atoms with van der Waals surface area (Å²) in [6.07, 6.45) is 0.393. The molecule has 0 spiro atoms. The Hall–Kier alpha value is -2.67. The monoisotopic (exact) mass is 373 g/mol. The van der Waals surface area contributed by atoms with Gasteiger partial charge in [0, 0.05) is 0 Å². The van der Waals surface area contributed by atoms with Gasteiger partial charge in [-0.15, -0.1) is 0 Å². The smallest absolute Gasteiger partial charge is 0.286 e. The van der Waals surface area contributed by atoms with E-state index in [0.717, 1.165) is 17.3 Å². The normalized spacial score (nSPS) is 19.3. The molecule has 0 aromatic heterocycles. The Morgan fingerprint density at radius 1 is 1.15 bits per heavy atom. The van der Waals surface area contributed by atoms with Gasteiger partial charge in [-0.2, -0.15) is 0 Å². The van der Waals surface area contributed by atoms with Crippen LogP contribution < -0.4 is 10.1 Å². The first-order chi connectivity index (χ1) is 12.4. The molecule has 2 amide bonds. The molecule has 134 valence electrons. The van der Waals surface area contributed by atoms with E-state index in [1.165, 1.54) is 18.2 Å². The van der Waals surface area contributed by atoms with Gasteiger partial charge in [-0.25, -0.2) is 4.39 Å². The van der Waals surface area contributed by atoms with Crippen LogP contribution in [-0.4, -0.2) is 28.3 Å². The predicted octanol–water partition coefficient (Wildman–Crippen LogP) is 3.37. The average Bonchev–Trinajstić information content (AvgIpc) is 2.86. The number of carbonyl (C=O) groups excluding carboxylic acids is 3. The number of ether oxygens (including phenoxy) is 1. The first-order valence-electron chi connectivity index (χ1n) is 7.91. The van der Waals surface area contributed by atoms with Crippen LogP contribution in [0.25, 0.3) is 0 Å². The molecule has 0 unspecified atom stereocenters. The lowest BCUT2D eigenvalue weighted by molar-refractivity contribution is -0.121. The van der Waals surface area contributed by atoms with Crippen LogP contribution in [0.1, 0.15) is 22.8 Å². The van der Waals surface area contributed by atoms with Gasteiger partial charge in [0.15, 0.2) is 6.61 Å². The Bertz CT molecular complexity index is 868. The lowest BCUT2D eigenvalue weighted by Crippen LogP contribution is -2.35. The molecule has 1 atom stereocenters. The Kier molecular flexibility index (Phi) is 5.08. The Labute approximate surface area is 153 Å². The maximum absolute atomic E-state index is 13.6. The van der Waals surface area contributed by atoms with Gasteiger partial charge < -0.3 is 4.74 Å².